The highest BCUT2D eigenvalue weighted by Crippen LogP contribution is 2.23. The summed E-state index contributed by atoms with van der Waals surface area (Å²) >= 11 is 13.5. The number of thioether (sulfide) groups is 1. The van der Waals surface area contributed by atoms with Crippen LogP contribution in [-0.4, -0.2) is 40.4 Å². The van der Waals surface area contributed by atoms with Crippen LogP contribution in [0, 0.1) is 0 Å². The second-order valence-corrected chi connectivity index (χ2v) is 5.61. The number of carbonyl (C=O) groups is 1. The Hall–Kier alpha value is -0.320. The molecule has 1 aromatic rings. The van der Waals surface area contributed by atoms with Crippen LogP contribution in [0.3, 0.4) is 0 Å². The summed E-state index contributed by atoms with van der Waals surface area (Å²) in [5, 5.41) is 0.725. The molecule has 0 aliphatic carbocycles. The Labute approximate surface area is 108 Å². The number of aromatic nitrogens is 1. The van der Waals surface area contributed by atoms with Crippen molar-refractivity contribution in [3.8, 4) is 0 Å². The molecule has 1 N–H and O–H groups in total. The number of aromatic amines is 1. The minimum absolute atomic E-state index is 0.0173. The number of amides is 1. The Morgan fingerprint density at radius 3 is 2.88 bits per heavy atom. The van der Waals surface area contributed by atoms with Gasteiger partial charge < -0.3 is 9.88 Å². The number of H-pyrrole nitrogens is 1. The molecule has 0 bridgehead atoms. The van der Waals surface area contributed by atoms with Gasteiger partial charge in [0.15, 0.2) is 0 Å². The SMILES string of the molecule is O=C(c1cc(Cl)c(Cl)[nH]1)N1CCCSCC1. The maximum absolute atomic E-state index is 12.1. The summed E-state index contributed by atoms with van der Waals surface area (Å²) in [5.74, 6) is 2.10. The topological polar surface area (TPSA) is 36.1 Å². The van der Waals surface area contributed by atoms with Crippen LogP contribution in [0.2, 0.25) is 10.2 Å². The highest BCUT2D eigenvalue weighted by molar-refractivity contribution is 7.99. The Morgan fingerprint density at radius 2 is 2.19 bits per heavy atom. The van der Waals surface area contributed by atoms with Crippen molar-refractivity contribution in [2.75, 3.05) is 24.6 Å². The Kier molecular flexibility index (Phi) is 4.05. The fourth-order valence-electron chi connectivity index (χ4n) is 1.64. The first-order chi connectivity index (χ1) is 7.68. The quantitative estimate of drug-likeness (QED) is 0.858. The van der Waals surface area contributed by atoms with Gasteiger partial charge in [-0.15, -0.1) is 0 Å². The van der Waals surface area contributed by atoms with Crippen LogP contribution < -0.4 is 0 Å². The number of carbonyl (C=O) groups excluding carboxylic acids is 1. The number of hydrogen-bond donors (Lipinski definition) is 1. The smallest absolute Gasteiger partial charge is 0.270 e. The van der Waals surface area contributed by atoms with Crippen LogP contribution in [0.15, 0.2) is 6.07 Å². The summed E-state index contributed by atoms with van der Waals surface area (Å²) in [7, 11) is 0. The van der Waals surface area contributed by atoms with Crippen molar-refractivity contribution in [3.63, 3.8) is 0 Å². The normalized spacial score (nSPS) is 17.2. The zero-order valence-electron chi connectivity index (χ0n) is 8.63. The lowest BCUT2D eigenvalue weighted by atomic mass is 10.3. The van der Waals surface area contributed by atoms with Gasteiger partial charge in [-0.2, -0.15) is 11.8 Å². The Morgan fingerprint density at radius 1 is 1.38 bits per heavy atom. The van der Waals surface area contributed by atoms with E-state index in [1.54, 1.807) is 6.07 Å². The summed E-state index contributed by atoms with van der Waals surface area (Å²) in [4.78, 5) is 16.7. The van der Waals surface area contributed by atoms with Crippen molar-refractivity contribution < 1.29 is 4.79 Å². The first-order valence-electron chi connectivity index (χ1n) is 5.09. The minimum Gasteiger partial charge on any atom is -0.340 e. The van der Waals surface area contributed by atoms with Gasteiger partial charge in [0, 0.05) is 18.8 Å². The molecule has 0 atom stereocenters. The van der Waals surface area contributed by atoms with Crippen LogP contribution in [0.1, 0.15) is 16.9 Å². The average molecular weight is 279 g/mol. The first-order valence-corrected chi connectivity index (χ1v) is 7.00. The second kappa shape index (κ2) is 5.34. The third-order valence-electron chi connectivity index (χ3n) is 2.47. The predicted octanol–water partition coefficient (Wildman–Crippen LogP) is 2.90. The number of nitrogens with one attached hydrogen (secondary N) is 1. The fraction of sp³-hybridized carbons (Fsp3) is 0.500. The van der Waals surface area contributed by atoms with Crippen LogP contribution in [0.25, 0.3) is 0 Å². The van der Waals surface area contributed by atoms with E-state index in [1.165, 1.54) is 0 Å². The standard InChI is InChI=1S/C10H12Cl2N2OS/c11-7-6-8(13-9(7)12)10(15)14-2-1-4-16-5-3-14/h6,13H,1-5H2. The molecule has 0 spiro atoms. The van der Waals surface area contributed by atoms with Crippen molar-refractivity contribution in [1.82, 2.24) is 9.88 Å². The molecule has 1 fully saturated rings. The molecule has 88 valence electrons. The monoisotopic (exact) mass is 278 g/mol. The van der Waals surface area contributed by atoms with Crippen molar-refractivity contribution in [1.29, 1.82) is 0 Å². The van der Waals surface area contributed by atoms with Gasteiger partial charge in [-0.25, -0.2) is 0 Å². The van der Waals surface area contributed by atoms with Crippen LogP contribution in [-0.2, 0) is 0 Å². The highest BCUT2D eigenvalue weighted by atomic mass is 35.5. The van der Waals surface area contributed by atoms with E-state index in [2.05, 4.69) is 4.98 Å². The van der Waals surface area contributed by atoms with Crippen molar-refractivity contribution in [3.05, 3.63) is 21.9 Å². The molecule has 1 aliphatic rings. The van der Waals surface area contributed by atoms with E-state index in [9.17, 15) is 4.79 Å². The number of halogens is 2. The lowest BCUT2D eigenvalue weighted by Crippen LogP contribution is -2.33. The van der Waals surface area contributed by atoms with Crippen LogP contribution >= 0.6 is 35.0 Å². The highest BCUT2D eigenvalue weighted by Gasteiger charge is 2.19. The molecule has 0 aromatic carbocycles. The van der Waals surface area contributed by atoms with Gasteiger partial charge in [0.1, 0.15) is 10.8 Å². The molecule has 1 aromatic heterocycles. The number of nitrogens with zero attached hydrogens (tertiary/aromatic N) is 1. The summed E-state index contributed by atoms with van der Waals surface area (Å²) in [6.07, 6.45) is 1.04. The molecule has 0 unspecified atom stereocenters. The fourth-order valence-corrected chi connectivity index (χ4v) is 2.84. The maximum atomic E-state index is 12.1. The minimum atomic E-state index is -0.0173. The third-order valence-corrected chi connectivity index (χ3v) is 4.21. The zero-order valence-corrected chi connectivity index (χ0v) is 11.0. The van der Waals surface area contributed by atoms with E-state index in [-0.39, 0.29) is 5.91 Å². The summed E-state index contributed by atoms with van der Waals surface area (Å²) in [5.41, 5.74) is 0.474. The van der Waals surface area contributed by atoms with Gasteiger partial charge in [0.25, 0.3) is 5.91 Å². The second-order valence-electron chi connectivity index (χ2n) is 3.60. The van der Waals surface area contributed by atoms with Gasteiger partial charge in [0.05, 0.1) is 5.02 Å². The molecule has 3 nitrogen and oxygen atoms in total. The number of rotatable bonds is 1. The molecule has 0 saturated carbocycles. The van der Waals surface area contributed by atoms with Gasteiger partial charge in [0.2, 0.25) is 0 Å². The van der Waals surface area contributed by atoms with Gasteiger partial charge in [-0.05, 0) is 18.2 Å². The zero-order chi connectivity index (χ0) is 11.5. The summed E-state index contributed by atoms with van der Waals surface area (Å²) in [6.45, 7) is 1.60. The van der Waals surface area contributed by atoms with Crippen molar-refractivity contribution >= 4 is 40.9 Å². The largest absolute Gasteiger partial charge is 0.340 e. The molecule has 0 radical (unpaired) electrons. The molecule has 16 heavy (non-hydrogen) atoms. The van der Waals surface area contributed by atoms with E-state index in [0.29, 0.717) is 15.9 Å². The Balaban J connectivity index is 2.11. The predicted molar refractivity (Wildman–Crippen MR) is 68.7 cm³/mol. The lowest BCUT2D eigenvalue weighted by molar-refractivity contribution is 0.0763. The van der Waals surface area contributed by atoms with E-state index in [4.69, 9.17) is 23.2 Å². The van der Waals surface area contributed by atoms with E-state index in [1.807, 2.05) is 16.7 Å². The van der Waals surface area contributed by atoms with E-state index >= 15 is 0 Å². The molecule has 1 amide bonds. The average Bonchev–Trinajstić information content (AvgIpc) is 2.51. The van der Waals surface area contributed by atoms with Gasteiger partial charge in [-0.3, -0.25) is 4.79 Å². The molecule has 6 heteroatoms. The van der Waals surface area contributed by atoms with Crippen molar-refractivity contribution in [2.45, 2.75) is 6.42 Å². The molecule has 2 heterocycles. The van der Waals surface area contributed by atoms with Gasteiger partial charge in [-0.1, -0.05) is 23.2 Å². The number of hydrogen-bond acceptors (Lipinski definition) is 2. The maximum Gasteiger partial charge on any atom is 0.270 e. The van der Waals surface area contributed by atoms with Crippen molar-refractivity contribution in [2.24, 2.45) is 0 Å². The van der Waals surface area contributed by atoms with Crippen LogP contribution in [0.4, 0.5) is 0 Å². The molecule has 1 saturated heterocycles. The molecular formula is C10H12Cl2N2OS. The Bertz CT molecular complexity index is 367. The van der Waals surface area contributed by atoms with Gasteiger partial charge >= 0.3 is 0 Å². The van der Waals surface area contributed by atoms with E-state index < -0.39 is 0 Å². The lowest BCUT2D eigenvalue weighted by Gasteiger charge is -2.18. The molecule has 2 rings (SSSR count). The summed E-state index contributed by atoms with van der Waals surface area (Å²) in [6, 6.07) is 1.59. The molecular weight excluding hydrogens is 267 g/mol. The van der Waals surface area contributed by atoms with Crippen LogP contribution in [0.5, 0.6) is 0 Å². The first kappa shape index (κ1) is 12.1. The molecule has 1 aliphatic heterocycles. The third kappa shape index (κ3) is 2.67. The summed E-state index contributed by atoms with van der Waals surface area (Å²) < 4.78 is 0. The van der Waals surface area contributed by atoms with E-state index in [0.717, 1.165) is 31.0 Å².